The van der Waals surface area contributed by atoms with Crippen LogP contribution in [0.25, 0.3) is 11.3 Å². The smallest absolute Gasteiger partial charge is 0.128 e. The first-order valence-corrected chi connectivity index (χ1v) is 8.02. The van der Waals surface area contributed by atoms with Gasteiger partial charge in [0.25, 0.3) is 0 Å². The maximum atomic E-state index is 4.65. The molecule has 22 heavy (non-hydrogen) atoms. The van der Waals surface area contributed by atoms with Gasteiger partial charge in [0, 0.05) is 49.7 Å². The summed E-state index contributed by atoms with van der Waals surface area (Å²) < 4.78 is 0. The number of rotatable bonds is 3. The largest absolute Gasteiger partial charge is 0.354 e. The summed E-state index contributed by atoms with van der Waals surface area (Å²) in [5.74, 6) is 1.07. The van der Waals surface area contributed by atoms with Gasteiger partial charge < -0.3 is 4.90 Å². The first kappa shape index (κ1) is 15.0. The standard InChI is InChI=1S/C18H24N4/c1-14(2)21-9-11-22(12-10-21)18-8-7-16(13-19-18)17-6-4-5-15(3)20-17/h4-8,13-14H,9-12H2,1-3H3. The second-order valence-corrected chi connectivity index (χ2v) is 6.19. The molecule has 1 aliphatic rings. The van der Waals surface area contributed by atoms with E-state index in [0.29, 0.717) is 6.04 Å². The van der Waals surface area contributed by atoms with E-state index >= 15 is 0 Å². The highest BCUT2D eigenvalue weighted by atomic mass is 15.3. The molecule has 1 saturated heterocycles. The van der Waals surface area contributed by atoms with Crippen molar-refractivity contribution in [2.75, 3.05) is 31.1 Å². The number of hydrogen-bond acceptors (Lipinski definition) is 4. The lowest BCUT2D eigenvalue weighted by molar-refractivity contribution is 0.209. The van der Waals surface area contributed by atoms with Crippen LogP contribution in [-0.4, -0.2) is 47.1 Å². The number of anilines is 1. The van der Waals surface area contributed by atoms with Crippen LogP contribution in [0, 0.1) is 6.92 Å². The molecule has 1 fully saturated rings. The van der Waals surface area contributed by atoms with Crippen molar-refractivity contribution in [2.24, 2.45) is 0 Å². The summed E-state index contributed by atoms with van der Waals surface area (Å²) in [7, 11) is 0. The number of aryl methyl sites for hydroxylation is 1. The third-order valence-electron chi connectivity index (χ3n) is 4.30. The number of nitrogens with zero attached hydrogens (tertiary/aromatic N) is 4. The van der Waals surface area contributed by atoms with Gasteiger partial charge >= 0.3 is 0 Å². The molecule has 0 N–H and O–H groups in total. The molecule has 0 aliphatic carbocycles. The van der Waals surface area contributed by atoms with Crippen molar-refractivity contribution in [3.05, 3.63) is 42.2 Å². The van der Waals surface area contributed by atoms with Gasteiger partial charge in [-0.1, -0.05) is 6.07 Å². The summed E-state index contributed by atoms with van der Waals surface area (Å²) in [6, 6.07) is 11.0. The summed E-state index contributed by atoms with van der Waals surface area (Å²) in [6.45, 7) is 10.9. The fourth-order valence-corrected chi connectivity index (χ4v) is 2.90. The van der Waals surface area contributed by atoms with Crippen molar-refractivity contribution in [1.82, 2.24) is 14.9 Å². The Morgan fingerprint density at radius 3 is 2.36 bits per heavy atom. The van der Waals surface area contributed by atoms with Gasteiger partial charge in [0.15, 0.2) is 0 Å². The third-order valence-corrected chi connectivity index (χ3v) is 4.30. The molecule has 4 nitrogen and oxygen atoms in total. The van der Waals surface area contributed by atoms with Crippen molar-refractivity contribution in [3.8, 4) is 11.3 Å². The molecule has 116 valence electrons. The van der Waals surface area contributed by atoms with Crippen LogP contribution in [0.2, 0.25) is 0 Å². The van der Waals surface area contributed by atoms with Crippen molar-refractivity contribution >= 4 is 5.82 Å². The summed E-state index contributed by atoms with van der Waals surface area (Å²) in [5.41, 5.74) is 3.10. The molecule has 3 rings (SSSR count). The molecule has 2 aromatic heterocycles. The molecule has 0 atom stereocenters. The van der Waals surface area contributed by atoms with E-state index in [4.69, 9.17) is 0 Å². The molecule has 0 unspecified atom stereocenters. The fourth-order valence-electron chi connectivity index (χ4n) is 2.90. The van der Waals surface area contributed by atoms with Gasteiger partial charge in [-0.2, -0.15) is 0 Å². The van der Waals surface area contributed by atoms with Crippen molar-refractivity contribution in [1.29, 1.82) is 0 Å². The second-order valence-electron chi connectivity index (χ2n) is 6.19. The first-order valence-electron chi connectivity index (χ1n) is 8.02. The Kier molecular flexibility index (Phi) is 4.39. The van der Waals surface area contributed by atoms with E-state index in [0.717, 1.165) is 48.9 Å². The van der Waals surface area contributed by atoms with Crippen molar-refractivity contribution in [2.45, 2.75) is 26.8 Å². The number of pyridine rings is 2. The Balaban J connectivity index is 1.70. The van der Waals surface area contributed by atoms with Gasteiger partial charge in [0.05, 0.1) is 5.69 Å². The number of hydrogen-bond donors (Lipinski definition) is 0. The van der Waals surface area contributed by atoms with Crippen LogP contribution in [-0.2, 0) is 0 Å². The van der Waals surface area contributed by atoms with E-state index in [-0.39, 0.29) is 0 Å². The number of piperazine rings is 1. The van der Waals surface area contributed by atoms with E-state index in [1.165, 1.54) is 0 Å². The van der Waals surface area contributed by atoms with Gasteiger partial charge in [-0.25, -0.2) is 4.98 Å². The van der Waals surface area contributed by atoms with Crippen molar-refractivity contribution < 1.29 is 0 Å². The van der Waals surface area contributed by atoms with Gasteiger partial charge in [-0.3, -0.25) is 9.88 Å². The zero-order valence-corrected chi connectivity index (χ0v) is 13.7. The van der Waals surface area contributed by atoms with Crippen LogP contribution >= 0.6 is 0 Å². The highest BCUT2D eigenvalue weighted by molar-refractivity contribution is 5.60. The Morgan fingerprint density at radius 1 is 1.00 bits per heavy atom. The summed E-state index contributed by atoms with van der Waals surface area (Å²) >= 11 is 0. The molecular formula is C18H24N4. The molecule has 1 aliphatic heterocycles. The topological polar surface area (TPSA) is 32.3 Å². The third kappa shape index (κ3) is 3.28. The minimum Gasteiger partial charge on any atom is -0.354 e. The summed E-state index contributed by atoms with van der Waals surface area (Å²) in [6.07, 6.45) is 1.94. The highest BCUT2D eigenvalue weighted by Crippen LogP contribution is 2.20. The molecule has 2 aromatic rings. The second kappa shape index (κ2) is 6.44. The predicted octanol–water partition coefficient (Wildman–Crippen LogP) is 2.98. The molecule has 0 bridgehead atoms. The average Bonchev–Trinajstić information content (AvgIpc) is 2.55. The minimum absolute atomic E-state index is 0.630. The van der Waals surface area contributed by atoms with Gasteiger partial charge in [0.2, 0.25) is 0 Å². The predicted molar refractivity (Wildman–Crippen MR) is 91.1 cm³/mol. The lowest BCUT2D eigenvalue weighted by Gasteiger charge is -2.37. The van der Waals surface area contributed by atoms with Crippen molar-refractivity contribution in [3.63, 3.8) is 0 Å². The zero-order valence-electron chi connectivity index (χ0n) is 13.7. The van der Waals surface area contributed by atoms with Gasteiger partial charge in [0.1, 0.15) is 5.82 Å². The zero-order chi connectivity index (χ0) is 15.5. The summed E-state index contributed by atoms with van der Waals surface area (Å²) in [5, 5.41) is 0. The van der Waals surface area contributed by atoms with Crippen LogP contribution in [0.3, 0.4) is 0 Å². The van der Waals surface area contributed by atoms with Gasteiger partial charge in [-0.05, 0) is 45.0 Å². The monoisotopic (exact) mass is 296 g/mol. The summed E-state index contributed by atoms with van der Waals surface area (Å²) in [4.78, 5) is 14.1. The first-order chi connectivity index (χ1) is 10.6. The van der Waals surface area contributed by atoms with E-state index in [2.05, 4.69) is 45.7 Å². The van der Waals surface area contributed by atoms with Crippen LogP contribution in [0.4, 0.5) is 5.82 Å². The van der Waals surface area contributed by atoms with Crippen LogP contribution in [0.15, 0.2) is 36.5 Å². The van der Waals surface area contributed by atoms with Crippen LogP contribution in [0.1, 0.15) is 19.5 Å². The maximum Gasteiger partial charge on any atom is 0.128 e. The lowest BCUT2D eigenvalue weighted by Crippen LogP contribution is -2.49. The maximum absolute atomic E-state index is 4.65. The van der Waals surface area contributed by atoms with E-state index in [1.54, 1.807) is 0 Å². The lowest BCUT2D eigenvalue weighted by atomic mass is 10.1. The molecule has 0 amide bonds. The Hall–Kier alpha value is -1.94. The minimum atomic E-state index is 0.630. The normalized spacial score (nSPS) is 16.3. The fraction of sp³-hybridized carbons (Fsp3) is 0.444. The molecule has 0 saturated carbocycles. The quantitative estimate of drug-likeness (QED) is 0.871. The highest BCUT2D eigenvalue weighted by Gasteiger charge is 2.19. The Morgan fingerprint density at radius 2 is 1.77 bits per heavy atom. The number of aromatic nitrogens is 2. The van der Waals surface area contributed by atoms with E-state index in [9.17, 15) is 0 Å². The SMILES string of the molecule is Cc1cccc(-c2ccc(N3CCN(C(C)C)CC3)nc2)n1. The molecule has 0 spiro atoms. The Labute approximate surface area is 132 Å². The van der Waals surface area contributed by atoms with Gasteiger partial charge in [-0.15, -0.1) is 0 Å². The molecule has 0 radical (unpaired) electrons. The molecule has 0 aromatic carbocycles. The molecule has 4 heteroatoms. The molecule has 3 heterocycles. The Bertz CT molecular complexity index is 613. The van der Waals surface area contributed by atoms with E-state index in [1.807, 2.05) is 31.3 Å². The van der Waals surface area contributed by atoms with Crippen LogP contribution in [0.5, 0.6) is 0 Å². The molecular weight excluding hydrogens is 272 g/mol. The van der Waals surface area contributed by atoms with Crippen LogP contribution < -0.4 is 4.90 Å². The average molecular weight is 296 g/mol. The van der Waals surface area contributed by atoms with E-state index < -0.39 is 0 Å².